The predicted octanol–water partition coefficient (Wildman–Crippen LogP) is 3.18. The third-order valence-corrected chi connectivity index (χ3v) is 4.96. The summed E-state index contributed by atoms with van der Waals surface area (Å²) in [5, 5.41) is 6.86. The number of hydrogen-bond acceptors (Lipinski definition) is 3. The van der Waals surface area contributed by atoms with Crippen molar-refractivity contribution in [3.63, 3.8) is 0 Å². The molecule has 0 spiro atoms. The van der Waals surface area contributed by atoms with Gasteiger partial charge in [0.1, 0.15) is 0 Å². The maximum atomic E-state index is 5.81. The lowest BCUT2D eigenvalue weighted by Gasteiger charge is -2.20. The van der Waals surface area contributed by atoms with E-state index in [1.165, 1.54) is 11.1 Å². The summed E-state index contributed by atoms with van der Waals surface area (Å²) in [5.41, 5.74) is 2.59. The van der Waals surface area contributed by atoms with E-state index in [4.69, 9.17) is 9.47 Å². The first-order valence-corrected chi connectivity index (χ1v) is 10.1. The second-order valence-electron chi connectivity index (χ2n) is 6.96. The Morgan fingerprint density at radius 1 is 1.07 bits per heavy atom. The quantitative estimate of drug-likeness (QED) is 0.398. The molecule has 2 aromatic rings. The Morgan fingerprint density at radius 3 is 2.32 bits per heavy atom. The molecule has 2 N–H and O–H groups in total. The predicted molar refractivity (Wildman–Crippen MR) is 114 cm³/mol. The van der Waals surface area contributed by atoms with E-state index in [-0.39, 0.29) is 12.0 Å². The van der Waals surface area contributed by atoms with E-state index >= 15 is 0 Å². The van der Waals surface area contributed by atoms with Gasteiger partial charge in [0, 0.05) is 39.3 Å². The zero-order chi connectivity index (χ0) is 19.4. The summed E-state index contributed by atoms with van der Waals surface area (Å²) >= 11 is 0. The van der Waals surface area contributed by atoms with Crippen LogP contribution in [0.5, 0.6) is 0 Å². The van der Waals surface area contributed by atoms with Crippen molar-refractivity contribution in [2.75, 3.05) is 40.0 Å². The van der Waals surface area contributed by atoms with Crippen LogP contribution in [0.25, 0.3) is 0 Å². The van der Waals surface area contributed by atoms with Crippen molar-refractivity contribution in [1.29, 1.82) is 0 Å². The van der Waals surface area contributed by atoms with Gasteiger partial charge in [-0.1, -0.05) is 60.7 Å². The third kappa shape index (κ3) is 6.36. The first-order chi connectivity index (χ1) is 13.9. The van der Waals surface area contributed by atoms with Gasteiger partial charge in [-0.25, -0.2) is 0 Å². The van der Waals surface area contributed by atoms with Crippen LogP contribution in [0.15, 0.2) is 65.7 Å². The smallest absolute Gasteiger partial charge is 0.191 e. The molecule has 2 aromatic carbocycles. The Hall–Kier alpha value is -2.37. The van der Waals surface area contributed by atoms with E-state index in [1.807, 2.05) is 7.05 Å². The highest BCUT2D eigenvalue weighted by molar-refractivity contribution is 5.79. The van der Waals surface area contributed by atoms with Gasteiger partial charge < -0.3 is 20.1 Å². The number of guanidine groups is 1. The van der Waals surface area contributed by atoms with Crippen LogP contribution >= 0.6 is 0 Å². The van der Waals surface area contributed by atoms with Crippen molar-refractivity contribution in [2.45, 2.75) is 24.9 Å². The standard InChI is InChI=1S/C23H31N3O2/c1-24-23(25-14-8-15-28-21-13-16-27-18-21)26-17-22(19-9-4-2-5-10-19)20-11-6-3-7-12-20/h2-7,9-12,21-22H,8,13-18H2,1H3,(H2,24,25,26). The molecular weight excluding hydrogens is 350 g/mol. The topological polar surface area (TPSA) is 54.9 Å². The highest BCUT2D eigenvalue weighted by Crippen LogP contribution is 2.23. The molecule has 1 fully saturated rings. The van der Waals surface area contributed by atoms with Gasteiger partial charge in [0.05, 0.1) is 12.7 Å². The Balaban J connectivity index is 1.47. The molecule has 1 aliphatic rings. The Morgan fingerprint density at radius 2 is 1.75 bits per heavy atom. The van der Waals surface area contributed by atoms with Gasteiger partial charge in [-0.15, -0.1) is 0 Å². The minimum absolute atomic E-state index is 0.270. The summed E-state index contributed by atoms with van der Waals surface area (Å²) in [6.07, 6.45) is 2.23. The number of benzene rings is 2. The Labute approximate surface area is 168 Å². The van der Waals surface area contributed by atoms with Crippen molar-refractivity contribution in [2.24, 2.45) is 4.99 Å². The SMILES string of the molecule is CN=C(NCCCOC1CCOC1)NCC(c1ccccc1)c1ccccc1. The van der Waals surface area contributed by atoms with Gasteiger partial charge in [-0.2, -0.15) is 0 Å². The number of nitrogens with one attached hydrogen (secondary N) is 2. The van der Waals surface area contributed by atoms with Crippen LogP contribution in [0.1, 0.15) is 29.9 Å². The maximum absolute atomic E-state index is 5.81. The van der Waals surface area contributed by atoms with Crippen molar-refractivity contribution < 1.29 is 9.47 Å². The van der Waals surface area contributed by atoms with Crippen molar-refractivity contribution in [3.05, 3.63) is 71.8 Å². The lowest BCUT2D eigenvalue weighted by atomic mass is 9.91. The van der Waals surface area contributed by atoms with Crippen LogP contribution in [0.4, 0.5) is 0 Å². The molecule has 0 amide bonds. The average Bonchev–Trinajstić information content (AvgIpc) is 3.27. The number of aliphatic imine (C=N–C) groups is 1. The highest BCUT2D eigenvalue weighted by Gasteiger charge is 2.16. The molecule has 150 valence electrons. The molecule has 3 rings (SSSR count). The molecule has 1 heterocycles. The normalized spacial score (nSPS) is 17.1. The van der Waals surface area contributed by atoms with Gasteiger partial charge in [0.15, 0.2) is 5.96 Å². The summed E-state index contributed by atoms with van der Waals surface area (Å²) in [4.78, 5) is 4.36. The summed E-state index contributed by atoms with van der Waals surface area (Å²) in [6.45, 7) is 3.91. The molecule has 1 atom stereocenters. The van der Waals surface area contributed by atoms with E-state index in [2.05, 4.69) is 76.3 Å². The van der Waals surface area contributed by atoms with Crippen molar-refractivity contribution >= 4 is 5.96 Å². The van der Waals surface area contributed by atoms with Crippen molar-refractivity contribution in [3.8, 4) is 0 Å². The second-order valence-corrected chi connectivity index (χ2v) is 6.96. The first kappa shape index (κ1) is 20.4. The lowest BCUT2D eigenvalue weighted by molar-refractivity contribution is 0.0420. The fraction of sp³-hybridized carbons (Fsp3) is 0.435. The fourth-order valence-corrected chi connectivity index (χ4v) is 3.39. The molecule has 0 aliphatic carbocycles. The van der Waals surface area contributed by atoms with Crippen LogP contribution in [-0.4, -0.2) is 52.0 Å². The van der Waals surface area contributed by atoms with Crippen LogP contribution < -0.4 is 10.6 Å². The van der Waals surface area contributed by atoms with Crippen LogP contribution in [0.2, 0.25) is 0 Å². The van der Waals surface area contributed by atoms with Gasteiger partial charge in [0.25, 0.3) is 0 Å². The van der Waals surface area contributed by atoms with Crippen LogP contribution in [0, 0.1) is 0 Å². The van der Waals surface area contributed by atoms with Crippen molar-refractivity contribution in [1.82, 2.24) is 10.6 Å². The lowest BCUT2D eigenvalue weighted by Crippen LogP contribution is -2.40. The minimum atomic E-state index is 0.270. The van der Waals surface area contributed by atoms with E-state index in [1.54, 1.807) is 0 Å². The number of ether oxygens (including phenoxy) is 2. The van der Waals surface area contributed by atoms with Crippen LogP contribution in [-0.2, 0) is 9.47 Å². The maximum Gasteiger partial charge on any atom is 0.191 e. The molecule has 1 aliphatic heterocycles. The van der Waals surface area contributed by atoms with Gasteiger partial charge >= 0.3 is 0 Å². The Bertz CT molecular complexity index is 661. The summed E-state index contributed by atoms with van der Waals surface area (Å²) in [5.74, 6) is 1.09. The monoisotopic (exact) mass is 381 g/mol. The molecule has 0 bridgehead atoms. The van der Waals surface area contributed by atoms with Crippen LogP contribution in [0.3, 0.4) is 0 Å². The molecule has 5 heteroatoms. The number of nitrogens with zero attached hydrogens (tertiary/aromatic N) is 1. The van der Waals surface area contributed by atoms with E-state index in [0.717, 1.165) is 51.7 Å². The van der Waals surface area contributed by atoms with E-state index in [9.17, 15) is 0 Å². The second kappa shape index (κ2) is 11.5. The zero-order valence-corrected chi connectivity index (χ0v) is 16.6. The molecule has 0 radical (unpaired) electrons. The summed E-state index contributed by atoms with van der Waals surface area (Å²) < 4.78 is 11.1. The minimum Gasteiger partial charge on any atom is -0.379 e. The molecule has 1 saturated heterocycles. The molecule has 0 saturated carbocycles. The molecule has 0 aromatic heterocycles. The molecule has 28 heavy (non-hydrogen) atoms. The number of rotatable bonds is 9. The third-order valence-electron chi connectivity index (χ3n) is 4.96. The van der Waals surface area contributed by atoms with Gasteiger partial charge in [-0.3, -0.25) is 4.99 Å². The fourth-order valence-electron chi connectivity index (χ4n) is 3.39. The number of hydrogen-bond donors (Lipinski definition) is 2. The first-order valence-electron chi connectivity index (χ1n) is 10.1. The zero-order valence-electron chi connectivity index (χ0n) is 16.6. The molecular formula is C23H31N3O2. The highest BCUT2D eigenvalue weighted by atomic mass is 16.5. The average molecular weight is 382 g/mol. The largest absolute Gasteiger partial charge is 0.379 e. The molecule has 5 nitrogen and oxygen atoms in total. The molecule has 1 unspecified atom stereocenters. The summed E-state index contributed by atoms with van der Waals surface area (Å²) in [7, 11) is 1.81. The van der Waals surface area contributed by atoms with E-state index in [0.29, 0.717) is 0 Å². The summed E-state index contributed by atoms with van der Waals surface area (Å²) in [6, 6.07) is 21.2. The van der Waals surface area contributed by atoms with Gasteiger partial charge in [-0.05, 0) is 24.0 Å². The Kier molecular flexibility index (Phi) is 8.34. The van der Waals surface area contributed by atoms with Gasteiger partial charge in [0.2, 0.25) is 0 Å². The van der Waals surface area contributed by atoms with E-state index < -0.39 is 0 Å².